The van der Waals surface area contributed by atoms with Gasteiger partial charge in [-0.2, -0.15) is 13.2 Å². The molecule has 0 fully saturated rings. The zero-order valence-electron chi connectivity index (χ0n) is 14.3. The number of nitrogens with zero attached hydrogens (tertiary/aromatic N) is 3. The second-order valence-corrected chi connectivity index (χ2v) is 7.38. The number of fused-ring (bicyclic) bond motifs is 1. The molecule has 1 aliphatic heterocycles. The highest BCUT2D eigenvalue weighted by Gasteiger charge is 2.33. The van der Waals surface area contributed by atoms with Crippen molar-refractivity contribution in [1.29, 1.82) is 0 Å². The van der Waals surface area contributed by atoms with E-state index in [-0.39, 0.29) is 5.13 Å². The quantitative estimate of drug-likeness (QED) is 0.699. The summed E-state index contributed by atoms with van der Waals surface area (Å²) in [6, 6.07) is 12.3. The number of pyridine rings is 1. The highest BCUT2D eigenvalue weighted by Crippen LogP contribution is 2.35. The Morgan fingerprint density at radius 3 is 2.56 bits per heavy atom. The van der Waals surface area contributed by atoms with Gasteiger partial charge in [0.2, 0.25) is 0 Å². The Morgan fingerprint density at radius 2 is 1.85 bits per heavy atom. The summed E-state index contributed by atoms with van der Waals surface area (Å²) in [5.74, 6) is 0.904. The van der Waals surface area contributed by atoms with Crippen LogP contribution in [0.15, 0.2) is 48.8 Å². The largest absolute Gasteiger partial charge is 0.427 e. The van der Waals surface area contributed by atoms with Crippen LogP contribution < -0.4 is 10.2 Å². The molecule has 0 aliphatic carbocycles. The number of thiazole rings is 1. The van der Waals surface area contributed by atoms with Gasteiger partial charge in [0.15, 0.2) is 5.13 Å². The van der Waals surface area contributed by atoms with Crippen LogP contribution in [-0.4, -0.2) is 16.5 Å². The molecule has 3 aromatic rings. The van der Waals surface area contributed by atoms with Crippen LogP contribution in [0.25, 0.3) is 0 Å². The summed E-state index contributed by atoms with van der Waals surface area (Å²) in [4.78, 5) is 9.82. The van der Waals surface area contributed by atoms with Crippen LogP contribution in [0.4, 0.5) is 24.1 Å². The molecule has 0 spiro atoms. The number of hydrogen-bond acceptors (Lipinski definition) is 5. The molecule has 4 rings (SSSR count). The minimum absolute atomic E-state index is 0.249. The first kappa shape index (κ1) is 17.8. The smallest absolute Gasteiger partial charge is 0.357 e. The Labute approximate surface area is 158 Å². The molecule has 0 bridgehead atoms. The average Bonchev–Trinajstić information content (AvgIpc) is 3.16. The molecular weight excluding hydrogens is 373 g/mol. The summed E-state index contributed by atoms with van der Waals surface area (Å²) in [5.41, 5.74) is 3.59. The molecular formula is C19H17F3N4S. The summed E-state index contributed by atoms with van der Waals surface area (Å²) < 4.78 is 37.8. The Kier molecular flexibility index (Phi) is 4.73. The maximum absolute atomic E-state index is 12.6. The molecule has 27 heavy (non-hydrogen) atoms. The predicted octanol–water partition coefficient (Wildman–Crippen LogP) is 4.73. The number of hydrogen-bond donors (Lipinski definition) is 1. The molecule has 140 valence electrons. The van der Waals surface area contributed by atoms with Crippen molar-refractivity contribution in [2.24, 2.45) is 0 Å². The lowest BCUT2D eigenvalue weighted by Gasteiger charge is -2.29. The molecule has 8 heteroatoms. The lowest BCUT2D eigenvalue weighted by Crippen LogP contribution is -2.30. The maximum Gasteiger partial charge on any atom is 0.427 e. The number of nitrogens with one attached hydrogen (secondary N) is 1. The van der Waals surface area contributed by atoms with Gasteiger partial charge < -0.3 is 10.2 Å². The van der Waals surface area contributed by atoms with Crippen LogP contribution in [0.3, 0.4) is 0 Å². The Bertz CT molecular complexity index is 921. The molecule has 1 aliphatic rings. The molecule has 0 unspecified atom stereocenters. The van der Waals surface area contributed by atoms with Gasteiger partial charge in [0, 0.05) is 25.8 Å². The minimum atomic E-state index is -4.35. The van der Waals surface area contributed by atoms with Gasteiger partial charge in [0.05, 0.1) is 6.20 Å². The van der Waals surface area contributed by atoms with Crippen LogP contribution in [0.1, 0.15) is 21.6 Å². The van der Waals surface area contributed by atoms with Gasteiger partial charge in [-0.05, 0) is 29.2 Å². The van der Waals surface area contributed by atoms with Crippen molar-refractivity contribution in [3.8, 4) is 0 Å². The first-order valence-electron chi connectivity index (χ1n) is 8.52. The van der Waals surface area contributed by atoms with Gasteiger partial charge in [-0.1, -0.05) is 41.7 Å². The van der Waals surface area contributed by atoms with Crippen LogP contribution in [0.2, 0.25) is 0 Å². The molecule has 0 saturated heterocycles. The third-order valence-corrected chi connectivity index (χ3v) is 5.49. The van der Waals surface area contributed by atoms with Gasteiger partial charge in [-0.25, -0.2) is 9.97 Å². The molecule has 0 radical (unpaired) electrons. The Morgan fingerprint density at radius 1 is 1.04 bits per heavy atom. The zero-order chi connectivity index (χ0) is 18.9. The lowest BCUT2D eigenvalue weighted by atomic mass is 10.00. The fraction of sp³-hybridized carbons (Fsp3) is 0.263. The van der Waals surface area contributed by atoms with Crippen molar-refractivity contribution in [2.75, 3.05) is 16.8 Å². The van der Waals surface area contributed by atoms with Crippen molar-refractivity contribution in [3.05, 3.63) is 70.4 Å². The first-order chi connectivity index (χ1) is 13.0. The SMILES string of the molecule is FC(F)(F)c1cnc(NCc2ccc(N3CCc4ccccc4C3)nc2)s1. The van der Waals surface area contributed by atoms with Gasteiger partial charge in [0.25, 0.3) is 0 Å². The Hall–Kier alpha value is -2.61. The van der Waals surface area contributed by atoms with Crippen LogP contribution in [-0.2, 0) is 25.7 Å². The van der Waals surface area contributed by atoms with E-state index in [2.05, 4.69) is 38.4 Å². The summed E-state index contributed by atoms with van der Waals surface area (Å²) in [6.07, 6.45) is -0.760. The van der Waals surface area contributed by atoms with Crippen molar-refractivity contribution in [3.63, 3.8) is 0 Å². The van der Waals surface area contributed by atoms with E-state index < -0.39 is 11.1 Å². The van der Waals surface area contributed by atoms with Gasteiger partial charge in [-0.3, -0.25) is 0 Å². The normalized spacial score (nSPS) is 14.1. The predicted molar refractivity (Wildman–Crippen MR) is 99.9 cm³/mol. The zero-order valence-corrected chi connectivity index (χ0v) is 15.1. The van der Waals surface area contributed by atoms with Gasteiger partial charge in [-0.15, -0.1) is 0 Å². The Balaban J connectivity index is 1.37. The maximum atomic E-state index is 12.6. The number of benzene rings is 1. The average molecular weight is 390 g/mol. The van der Waals surface area contributed by atoms with Gasteiger partial charge in [0.1, 0.15) is 10.7 Å². The van der Waals surface area contributed by atoms with Crippen molar-refractivity contribution in [2.45, 2.75) is 25.7 Å². The van der Waals surface area contributed by atoms with E-state index in [1.54, 1.807) is 6.20 Å². The van der Waals surface area contributed by atoms with E-state index in [9.17, 15) is 13.2 Å². The van der Waals surface area contributed by atoms with E-state index in [0.29, 0.717) is 17.9 Å². The van der Waals surface area contributed by atoms with Crippen molar-refractivity contribution < 1.29 is 13.2 Å². The summed E-state index contributed by atoms with van der Waals surface area (Å²) in [5, 5.41) is 3.17. The summed E-state index contributed by atoms with van der Waals surface area (Å²) in [7, 11) is 0. The molecule has 0 saturated carbocycles. The van der Waals surface area contributed by atoms with Crippen molar-refractivity contribution in [1.82, 2.24) is 9.97 Å². The first-order valence-corrected chi connectivity index (χ1v) is 9.34. The molecule has 0 amide bonds. The van der Waals surface area contributed by atoms with E-state index >= 15 is 0 Å². The third-order valence-electron chi connectivity index (χ3n) is 4.49. The minimum Gasteiger partial charge on any atom is -0.357 e. The van der Waals surface area contributed by atoms with Gasteiger partial charge >= 0.3 is 6.18 Å². The number of alkyl halides is 3. The molecule has 1 N–H and O–H groups in total. The third kappa shape index (κ3) is 4.05. The van der Waals surface area contributed by atoms with Crippen molar-refractivity contribution >= 4 is 22.3 Å². The summed E-state index contributed by atoms with van der Waals surface area (Å²) >= 11 is 0.603. The summed E-state index contributed by atoms with van der Waals surface area (Å²) in [6.45, 7) is 2.13. The molecule has 3 heterocycles. The van der Waals surface area contributed by atoms with E-state index in [4.69, 9.17) is 0 Å². The van der Waals surface area contributed by atoms with Crippen LogP contribution in [0, 0.1) is 0 Å². The fourth-order valence-corrected chi connectivity index (χ4v) is 3.74. The second kappa shape index (κ2) is 7.19. The second-order valence-electron chi connectivity index (χ2n) is 6.35. The number of aromatic nitrogens is 2. The van der Waals surface area contributed by atoms with Crippen LogP contribution in [0.5, 0.6) is 0 Å². The highest BCUT2D eigenvalue weighted by atomic mass is 32.1. The molecule has 0 atom stereocenters. The molecule has 4 nitrogen and oxygen atoms in total. The number of rotatable bonds is 4. The molecule has 1 aromatic carbocycles. The van der Waals surface area contributed by atoms with E-state index in [1.807, 2.05) is 18.2 Å². The van der Waals surface area contributed by atoms with Crippen LogP contribution >= 0.6 is 11.3 Å². The standard InChI is InChI=1S/C19H17F3N4S/c20-19(21,22)16-11-25-18(27-16)24-10-13-5-6-17(23-9-13)26-8-7-14-3-1-2-4-15(14)12-26/h1-6,9,11H,7-8,10,12H2,(H,24,25). The lowest BCUT2D eigenvalue weighted by molar-refractivity contribution is -0.134. The number of anilines is 2. The highest BCUT2D eigenvalue weighted by molar-refractivity contribution is 7.15. The van der Waals surface area contributed by atoms with E-state index in [0.717, 1.165) is 37.1 Å². The monoisotopic (exact) mass is 390 g/mol. The number of halogens is 3. The molecule has 2 aromatic heterocycles. The fourth-order valence-electron chi connectivity index (χ4n) is 3.06. The van der Waals surface area contributed by atoms with E-state index in [1.165, 1.54) is 11.1 Å². The topological polar surface area (TPSA) is 41.1 Å².